The second-order valence-electron chi connectivity index (χ2n) is 12.0. The van der Waals surface area contributed by atoms with E-state index in [9.17, 15) is 13.2 Å². The van der Waals surface area contributed by atoms with Crippen molar-refractivity contribution in [3.8, 4) is 0 Å². The Bertz CT molecular complexity index is 997. The number of hydrogen-bond donors (Lipinski definition) is 0. The van der Waals surface area contributed by atoms with Gasteiger partial charge >= 0.3 is 6.11 Å². The maximum Gasteiger partial charge on any atom is 0.391 e. The number of hydrogen-bond acceptors (Lipinski definition) is 1. The molecule has 0 heterocycles. The first-order chi connectivity index (χ1) is 18.9. The van der Waals surface area contributed by atoms with Crippen LogP contribution in [-0.2, 0) is 11.3 Å². The molecule has 0 radical (unpaired) electrons. The van der Waals surface area contributed by atoms with E-state index in [1.165, 1.54) is 75.5 Å². The first-order valence-corrected chi connectivity index (χ1v) is 15.3. The number of benzene rings is 2. The van der Waals surface area contributed by atoms with Crippen molar-refractivity contribution in [2.24, 2.45) is 11.8 Å². The highest BCUT2D eigenvalue weighted by Crippen LogP contribution is 2.41. The van der Waals surface area contributed by atoms with Crippen LogP contribution in [0.15, 0.2) is 60.7 Å². The van der Waals surface area contributed by atoms with E-state index in [1.54, 1.807) is 0 Å². The Kier molecular flexibility index (Phi) is 11.1. The summed E-state index contributed by atoms with van der Waals surface area (Å²) in [5.41, 5.74) is 3.01. The molecule has 214 valence electrons. The molecule has 39 heavy (non-hydrogen) atoms. The van der Waals surface area contributed by atoms with E-state index in [-0.39, 0.29) is 12.2 Å². The van der Waals surface area contributed by atoms with Crippen LogP contribution in [0.1, 0.15) is 131 Å². The zero-order valence-corrected chi connectivity index (χ0v) is 23.9. The second kappa shape index (κ2) is 14.5. The molecule has 0 spiro atoms. The van der Waals surface area contributed by atoms with Gasteiger partial charge in [-0.1, -0.05) is 80.4 Å². The normalized spacial score (nSPS) is 25.2. The molecule has 0 aromatic heterocycles. The molecule has 2 aliphatic rings. The molecular weight excluding hydrogens is 493 g/mol. The minimum atomic E-state index is -3.89. The van der Waals surface area contributed by atoms with E-state index in [2.05, 4.69) is 26.0 Å². The summed E-state index contributed by atoms with van der Waals surface area (Å²) in [7, 11) is 0. The smallest absolute Gasteiger partial charge is 0.313 e. The summed E-state index contributed by atoms with van der Waals surface area (Å²) < 4.78 is 49.1. The van der Waals surface area contributed by atoms with Gasteiger partial charge in [-0.3, -0.25) is 0 Å². The van der Waals surface area contributed by atoms with E-state index < -0.39 is 12.3 Å². The zero-order valence-electron chi connectivity index (χ0n) is 23.9. The van der Waals surface area contributed by atoms with Gasteiger partial charge in [-0.2, -0.15) is 8.78 Å². The number of ether oxygens (including phenoxy) is 1. The van der Waals surface area contributed by atoms with Gasteiger partial charge in [0.1, 0.15) is 0 Å². The van der Waals surface area contributed by atoms with Crippen molar-refractivity contribution in [2.45, 2.75) is 122 Å². The maximum absolute atomic E-state index is 14.9. The molecule has 2 fully saturated rings. The summed E-state index contributed by atoms with van der Waals surface area (Å²) in [5, 5.41) is 0. The van der Waals surface area contributed by atoms with Gasteiger partial charge in [0.2, 0.25) is 6.17 Å². The summed E-state index contributed by atoms with van der Waals surface area (Å²) >= 11 is 0. The minimum Gasteiger partial charge on any atom is -0.313 e. The molecule has 0 bridgehead atoms. The summed E-state index contributed by atoms with van der Waals surface area (Å²) in [6.07, 6.45) is 12.5. The molecule has 2 aromatic carbocycles. The zero-order chi connectivity index (χ0) is 27.7. The fourth-order valence-electron chi connectivity index (χ4n) is 6.75. The molecule has 4 rings (SSSR count). The third-order valence-corrected chi connectivity index (χ3v) is 9.25. The quantitative estimate of drug-likeness (QED) is 0.243. The van der Waals surface area contributed by atoms with Crippen LogP contribution in [0.2, 0.25) is 0 Å². The van der Waals surface area contributed by atoms with Gasteiger partial charge in [0, 0.05) is 0 Å². The molecule has 0 saturated heterocycles. The molecule has 0 aliphatic heterocycles. The molecule has 1 atom stereocenters. The molecule has 0 N–H and O–H groups in total. The summed E-state index contributed by atoms with van der Waals surface area (Å²) in [5.74, 6) is 2.60. The predicted octanol–water partition coefficient (Wildman–Crippen LogP) is 11.2. The number of allylic oxidation sites excluding steroid dienone is 2. The van der Waals surface area contributed by atoms with Crippen molar-refractivity contribution in [1.82, 2.24) is 0 Å². The number of rotatable bonds is 12. The van der Waals surface area contributed by atoms with Crippen LogP contribution in [-0.4, -0.2) is 6.11 Å². The number of alkyl halides is 3. The van der Waals surface area contributed by atoms with Gasteiger partial charge in [0.15, 0.2) is 0 Å². The molecule has 0 amide bonds. The first-order valence-electron chi connectivity index (χ1n) is 15.3. The average molecular weight is 541 g/mol. The van der Waals surface area contributed by atoms with Crippen LogP contribution in [0.3, 0.4) is 0 Å². The average Bonchev–Trinajstić information content (AvgIpc) is 2.97. The van der Waals surface area contributed by atoms with Crippen molar-refractivity contribution in [3.63, 3.8) is 0 Å². The molecule has 2 aliphatic carbocycles. The van der Waals surface area contributed by atoms with Crippen molar-refractivity contribution in [2.75, 3.05) is 0 Å². The lowest BCUT2D eigenvalue weighted by Gasteiger charge is -2.29. The third kappa shape index (κ3) is 8.46. The van der Waals surface area contributed by atoms with E-state index in [0.717, 1.165) is 36.7 Å². The Balaban J connectivity index is 1.24. The molecule has 1 nitrogen and oxygen atoms in total. The van der Waals surface area contributed by atoms with E-state index in [0.29, 0.717) is 17.4 Å². The third-order valence-electron chi connectivity index (χ3n) is 9.25. The van der Waals surface area contributed by atoms with Gasteiger partial charge < -0.3 is 4.74 Å². The fourth-order valence-corrected chi connectivity index (χ4v) is 6.75. The Morgan fingerprint density at radius 3 is 1.82 bits per heavy atom. The lowest BCUT2D eigenvalue weighted by molar-refractivity contribution is -0.282. The van der Waals surface area contributed by atoms with Crippen LogP contribution in [0, 0.1) is 11.8 Å². The van der Waals surface area contributed by atoms with Crippen LogP contribution in [0.25, 0.3) is 0 Å². The van der Waals surface area contributed by atoms with Crippen molar-refractivity contribution < 1.29 is 17.9 Å². The topological polar surface area (TPSA) is 9.23 Å². The van der Waals surface area contributed by atoms with Crippen LogP contribution < -0.4 is 0 Å². The largest absolute Gasteiger partial charge is 0.391 e. The van der Waals surface area contributed by atoms with Gasteiger partial charge in [-0.25, -0.2) is 4.39 Å². The summed E-state index contributed by atoms with van der Waals surface area (Å²) in [6, 6.07) is 14.4. The lowest BCUT2D eigenvalue weighted by atomic mass is 9.77. The van der Waals surface area contributed by atoms with E-state index in [4.69, 9.17) is 4.74 Å². The minimum absolute atomic E-state index is 0.0277. The number of halogens is 3. The van der Waals surface area contributed by atoms with Crippen molar-refractivity contribution in [3.05, 3.63) is 82.9 Å². The Labute approximate surface area is 234 Å². The molecule has 4 heteroatoms. The van der Waals surface area contributed by atoms with E-state index >= 15 is 0 Å². The Hall–Kier alpha value is -2.07. The second-order valence-corrected chi connectivity index (χ2v) is 12.0. The van der Waals surface area contributed by atoms with Gasteiger partial charge in [0.25, 0.3) is 0 Å². The summed E-state index contributed by atoms with van der Waals surface area (Å²) in [4.78, 5) is 0. The van der Waals surface area contributed by atoms with Crippen molar-refractivity contribution >= 4 is 0 Å². The van der Waals surface area contributed by atoms with Gasteiger partial charge in [-0.15, -0.1) is 0 Å². The molecule has 2 saturated carbocycles. The highest BCUT2D eigenvalue weighted by Gasteiger charge is 2.43. The highest BCUT2D eigenvalue weighted by atomic mass is 19.3. The lowest BCUT2D eigenvalue weighted by Crippen LogP contribution is -2.27. The standard InChI is InChI=1S/C35H47F3O/c1-3-5-6-8-27-11-17-29(18-12-27)31-19-13-28(14-20-31)25-39-35(37,38)34(36)33-23-21-32(22-24-33)30-15-9-26(7-4-2)10-16-30/h3,5,13-14,19-24,26-27,29-30,34H,4,6-12,15-18,25H2,1-2H3/b5-3+. The van der Waals surface area contributed by atoms with Crippen LogP contribution in [0.5, 0.6) is 0 Å². The SMILES string of the molecule is C/C=C/CCC1CCC(c2ccc(COC(F)(F)C(F)c3ccc(C4CCC(CCC)CC4)cc3)cc2)CC1. The Morgan fingerprint density at radius 2 is 1.31 bits per heavy atom. The van der Waals surface area contributed by atoms with Crippen LogP contribution >= 0.6 is 0 Å². The summed E-state index contributed by atoms with van der Waals surface area (Å²) in [6.45, 7) is 3.98. The predicted molar refractivity (Wildman–Crippen MR) is 155 cm³/mol. The van der Waals surface area contributed by atoms with Gasteiger partial charge in [-0.05, 0) is 117 Å². The highest BCUT2D eigenvalue weighted by molar-refractivity contribution is 5.28. The Morgan fingerprint density at radius 1 is 0.795 bits per heavy atom. The maximum atomic E-state index is 14.9. The van der Waals surface area contributed by atoms with Crippen molar-refractivity contribution in [1.29, 1.82) is 0 Å². The molecular formula is C35H47F3O. The first kappa shape index (κ1) is 29.9. The fraction of sp³-hybridized carbons (Fsp3) is 0.600. The monoisotopic (exact) mass is 540 g/mol. The van der Waals surface area contributed by atoms with Gasteiger partial charge in [0.05, 0.1) is 6.61 Å². The molecule has 2 aromatic rings. The van der Waals surface area contributed by atoms with E-state index in [1.807, 2.05) is 36.4 Å². The molecule has 1 unspecified atom stereocenters. The van der Waals surface area contributed by atoms with Crippen LogP contribution in [0.4, 0.5) is 13.2 Å².